The third-order valence-electron chi connectivity index (χ3n) is 4.60. The third kappa shape index (κ3) is 5.58. The molecule has 1 aromatic carbocycles. The number of urea groups is 1. The number of rotatable bonds is 5. The molecule has 0 saturated carbocycles. The van der Waals surface area contributed by atoms with Crippen molar-refractivity contribution < 1.29 is 23.9 Å². The van der Waals surface area contributed by atoms with Crippen molar-refractivity contribution in [3.63, 3.8) is 0 Å². The predicted octanol–water partition coefficient (Wildman–Crippen LogP) is 0.911. The van der Waals surface area contributed by atoms with Gasteiger partial charge >= 0.3 is 6.03 Å². The lowest BCUT2D eigenvalue weighted by molar-refractivity contribution is -0.121. The Balaban J connectivity index is 1.38. The summed E-state index contributed by atoms with van der Waals surface area (Å²) in [7, 11) is 0. The Bertz CT molecular complexity index is 716. The molecule has 9 heteroatoms. The fraction of sp³-hybridized carbons (Fsp3) is 0.500. The molecule has 0 aromatic heterocycles. The summed E-state index contributed by atoms with van der Waals surface area (Å²) in [5.41, 5.74) is 0.517. The van der Waals surface area contributed by atoms with E-state index in [1.54, 1.807) is 18.2 Å². The van der Waals surface area contributed by atoms with Crippen LogP contribution in [0.15, 0.2) is 18.2 Å². The van der Waals surface area contributed by atoms with Crippen molar-refractivity contribution in [3.05, 3.63) is 18.2 Å². The highest BCUT2D eigenvalue weighted by molar-refractivity contribution is 6.01. The normalized spacial score (nSPS) is 16.6. The fourth-order valence-electron chi connectivity index (χ4n) is 3.14. The van der Waals surface area contributed by atoms with Gasteiger partial charge in [-0.1, -0.05) is 0 Å². The second-order valence-electron chi connectivity index (χ2n) is 6.73. The van der Waals surface area contributed by atoms with E-state index in [-0.39, 0.29) is 25.2 Å². The van der Waals surface area contributed by atoms with Crippen LogP contribution in [0, 0.1) is 5.92 Å². The number of carbonyl (C=O) groups is 3. The average molecular weight is 376 g/mol. The summed E-state index contributed by atoms with van der Waals surface area (Å²) in [5, 5.41) is 7.77. The van der Waals surface area contributed by atoms with Crippen LogP contribution < -0.4 is 25.4 Å². The van der Waals surface area contributed by atoms with Gasteiger partial charge < -0.3 is 20.1 Å². The number of nitrogens with one attached hydrogen (secondary N) is 3. The highest BCUT2D eigenvalue weighted by atomic mass is 16.7. The van der Waals surface area contributed by atoms with Crippen molar-refractivity contribution in [2.45, 2.75) is 19.8 Å². The maximum Gasteiger partial charge on any atom is 0.325 e. The first-order chi connectivity index (χ1) is 13.0. The van der Waals surface area contributed by atoms with Crippen LogP contribution >= 0.6 is 0 Å². The Morgan fingerprint density at radius 2 is 1.89 bits per heavy atom. The molecule has 1 aromatic rings. The lowest BCUT2D eigenvalue weighted by Crippen LogP contribution is -2.45. The molecule has 0 spiro atoms. The number of likely N-dealkylation sites (tertiary alicyclic amines) is 1. The summed E-state index contributed by atoms with van der Waals surface area (Å²) in [6, 6.07) is 4.44. The van der Waals surface area contributed by atoms with Gasteiger partial charge in [-0.05, 0) is 44.0 Å². The van der Waals surface area contributed by atoms with Crippen LogP contribution in [0.2, 0.25) is 0 Å². The van der Waals surface area contributed by atoms with Crippen LogP contribution in [0.1, 0.15) is 19.8 Å². The molecule has 9 nitrogen and oxygen atoms in total. The molecule has 0 atom stereocenters. The van der Waals surface area contributed by atoms with Gasteiger partial charge in [-0.15, -0.1) is 0 Å². The molecule has 146 valence electrons. The molecule has 2 heterocycles. The van der Waals surface area contributed by atoms with Gasteiger partial charge in [-0.25, -0.2) is 4.79 Å². The predicted molar refractivity (Wildman–Crippen MR) is 97.6 cm³/mol. The van der Waals surface area contributed by atoms with Gasteiger partial charge in [0.1, 0.15) is 0 Å². The summed E-state index contributed by atoms with van der Waals surface area (Å²) in [4.78, 5) is 37.0. The van der Waals surface area contributed by atoms with Crippen molar-refractivity contribution in [3.8, 4) is 11.5 Å². The maximum atomic E-state index is 12.1. The van der Waals surface area contributed by atoms with E-state index in [2.05, 4.69) is 16.0 Å². The molecule has 3 N–H and O–H groups in total. The van der Waals surface area contributed by atoms with Gasteiger partial charge in [0.2, 0.25) is 18.6 Å². The minimum Gasteiger partial charge on any atom is -0.454 e. The highest BCUT2D eigenvalue weighted by Gasteiger charge is 2.22. The lowest BCUT2D eigenvalue weighted by atomic mass is 9.97. The molecule has 1 saturated heterocycles. The fourth-order valence-corrected chi connectivity index (χ4v) is 3.14. The number of hydrogen-bond acceptors (Lipinski definition) is 6. The largest absolute Gasteiger partial charge is 0.454 e. The average Bonchev–Trinajstić information content (AvgIpc) is 3.08. The number of piperidine rings is 1. The number of anilines is 1. The van der Waals surface area contributed by atoms with Gasteiger partial charge in [0, 0.05) is 25.2 Å². The monoisotopic (exact) mass is 376 g/mol. The van der Waals surface area contributed by atoms with Crippen LogP contribution in [0.4, 0.5) is 10.5 Å². The Labute approximate surface area is 157 Å². The summed E-state index contributed by atoms with van der Waals surface area (Å²) >= 11 is 0. The first-order valence-electron chi connectivity index (χ1n) is 8.97. The smallest absolute Gasteiger partial charge is 0.325 e. The number of nitrogens with zero attached hydrogens (tertiary/aromatic N) is 1. The third-order valence-corrected chi connectivity index (χ3v) is 4.60. The summed E-state index contributed by atoms with van der Waals surface area (Å²) in [6.07, 6.45) is 1.83. The quantitative estimate of drug-likeness (QED) is 0.705. The molecule has 3 rings (SSSR count). The zero-order valence-electron chi connectivity index (χ0n) is 15.2. The molecule has 0 bridgehead atoms. The molecule has 27 heavy (non-hydrogen) atoms. The van der Waals surface area contributed by atoms with Crippen molar-refractivity contribution in [2.24, 2.45) is 5.92 Å². The zero-order valence-corrected chi connectivity index (χ0v) is 15.2. The molecule has 4 amide bonds. The number of benzene rings is 1. The van der Waals surface area contributed by atoms with Crippen LogP contribution in [0.3, 0.4) is 0 Å². The minimum atomic E-state index is -0.584. The molecule has 2 aliphatic rings. The Morgan fingerprint density at radius 3 is 2.63 bits per heavy atom. The molecular formula is C18H24N4O5. The number of fused-ring (bicyclic) bond motifs is 1. The van der Waals surface area contributed by atoms with E-state index in [1.807, 2.05) is 4.90 Å². The summed E-state index contributed by atoms with van der Waals surface area (Å²) < 4.78 is 10.5. The minimum absolute atomic E-state index is 0.0229. The van der Waals surface area contributed by atoms with E-state index in [0.717, 1.165) is 25.9 Å². The molecule has 0 radical (unpaired) electrons. The van der Waals surface area contributed by atoms with Crippen molar-refractivity contribution >= 4 is 23.5 Å². The van der Waals surface area contributed by atoms with Crippen LogP contribution in [0.5, 0.6) is 11.5 Å². The number of hydrogen-bond donors (Lipinski definition) is 3. The Kier molecular flexibility index (Phi) is 6.12. The lowest BCUT2D eigenvalue weighted by Gasteiger charge is -2.31. The number of imide groups is 1. The zero-order chi connectivity index (χ0) is 19.2. The number of amides is 4. The molecule has 1 fully saturated rings. The van der Waals surface area contributed by atoms with Gasteiger partial charge in [-0.2, -0.15) is 0 Å². The van der Waals surface area contributed by atoms with Crippen LogP contribution in [-0.4, -0.2) is 55.7 Å². The van der Waals surface area contributed by atoms with E-state index >= 15 is 0 Å². The van der Waals surface area contributed by atoms with E-state index in [1.165, 1.54) is 6.92 Å². The molecular weight excluding hydrogens is 352 g/mol. The van der Waals surface area contributed by atoms with Crippen LogP contribution in [0.25, 0.3) is 0 Å². The van der Waals surface area contributed by atoms with Gasteiger partial charge in [0.25, 0.3) is 0 Å². The van der Waals surface area contributed by atoms with E-state index in [9.17, 15) is 14.4 Å². The molecule has 0 unspecified atom stereocenters. The van der Waals surface area contributed by atoms with Gasteiger partial charge in [0.15, 0.2) is 11.5 Å². The summed E-state index contributed by atoms with van der Waals surface area (Å²) in [5.74, 6) is 1.24. The van der Waals surface area contributed by atoms with Gasteiger partial charge in [0.05, 0.1) is 6.54 Å². The molecule has 2 aliphatic heterocycles. The van der Waals surface area contributed by atoms with E-state index in [4.69, 9.17) is 9.47 Å². The van der Waals surface area contributed by atoms with Crippen molar-refractivity contribution in [1.82, 2.24) is 15.5 Å². The first kappa shape index (κ1) is 19.0. The van der Waals surface area contributed by atoms with Crippen molar-refractivity contribution in [2.75, 3.05) is 38.3 Å². The summed E-state index contributed by atoms with van der Waals surface area (Å²) in [6.45, 7) is 4.04. The topological polar surface area (TPSA) is 109 Å². The van der Waals surface area contributed by atoms with E-state index in [0.29, 0.717) is 29.6 Å². The standard InChI is InChI=1S/C18H24N4O5/c1-12(23)19-9-13-4-6-22(7-5-13)10-17(24)21-18(25)20-14-2-3-15-16(8-14)27-11-26-15/h2-3,8,13H,4-7,9-11H2,1H3,(H,19,23)(H2,20,21,24,25). The second-order valence-corrected chi connectivity index (χ2v) is 6.73. The first-order valence-corrected chi connectivity index (χ1v) is 8.97. The second kappa shape index (κ2) is 8.72. The SMILES string of the molecule is CC(=O)NCC1CCN(CC(=O)NC(=O)Nc2ccc3c(c2)OCO3)CC1. The number of carbonyl (C=O) groups excluding carboxylic acids is 3. The molecule has 0 aliphatic carbocycles. The highest BCUT2D eigenvalue weighted by Crippen LogP contribution is 2.34. The number of ether oxygens (including phenoxy) is 2. The van der Waals surface area contributed by atoms with E-state index < -0.39 is 6.03 Å². The maximum absolute atomic E-state index is 12.1. The van der Waals surface area contributed by atoms with Gasteiger partial charge in [-0.3, -0.25) is 19.8 Å². The Morgan fingerprint density at radius 1 is 1.15 bits per heavy atom. The van der Waals surface area contributed by atoms with Crippen LogP contribution in [-0.2, 0) is 9.59 Å². The van der Waals surface area contributed by atoms with Crippen molar-refractivity contribution in [1.29, 1.82) is 0 Å². The Hall–Kier alpha value is -2.81.